The van der Waals surface area contributed by atoms with Gasteiger partial charge in [0.2, 0.25) is 5.91 Å². The van der Waals surface area contributed by atoms with Crippen LogP contribution in [-0.4, -0.2) is 19.6 Å². The van der Waals surface area contributed by atoms with Crippen LogP contribution in [0.25, 0.3) is 0 Å². The van der Waals surface area contributed by atoms with E-state index in [1.165, 1.54) is 13.0 Å². The Kier molecular flexibility index (Phi) is 6.19. The van der Waals surface area contributed by atoms with Crippen molar-refractivity contribution in [2.45, 2.75) is 31.3 Å². The quantitative estimate of drug-likeness (QED) is 0.820. The molecule has 0 saturated heterocycles. The van der Waals surface area contributed by atoms with Crippen LogP contribution >= 0.6 is 11.6 Å². The molecule has 1 unspecified atom stereocenters. The third-order valence-electron chi connectivity index (χ3n) is 3.91. The van der Waals surface area contributed by atoms with Crippen molar-refractivity contribution in [2.24, 2.45) is 0 Å². The van der Waals surface area contributed by atoms with Crippen molar-refractivity contribution in [3.8, 4) is 0 Å². The molecule has 4 nitrogen and oxygen atoms in total. The minimum Gasteiger partial charge on any atom is -0.325 e. The third kappa shape index (κ3) is 5.03. The van der Waals surface area contributed by atoms with Gasteiger partial charge in [0.25, 0.3) is 0 Å². The van der Waals surface area contributed by atoms with Gasteiger partial charge >= 0.3 is 0 Å². The van der Waals surface area contributed by atoms with Crippen LogP contribution in [0.2, 0.25) is 5.02 Å². The zero-order chi connectivity index (χ0) is 18.6. The van der Waals surface area contributed by atoms with Crippen molar-refractivity contribution in [2.75, 3.05) is 5.32 Å². The number of amides is 1. The third-order valence-corrected chi connectivity index (χ3v) is 6.27. The summed E-state index contributed by atoms with van der Waals surface area (Å²) >= 11 is 5.87. The highest BCUT2D eigenvalue weighted by molar-refractivity contribution is 7.92. The molecule has 25 heavy (non-hydrogen) atoms. The summed E-state index contributed by atoms with van der Waals surface area (Å²) < 4.78 is 38.0. The van der Waals surface area contributed by atoms with Gasteiger partial charge < -0.3 is 5.32 Å². The highest BCUT2D eigenvalue weighted by Gasteiger charge is 2.29. The maximum atomic E-state index is 13.1. The molecule has 0 aliphatic rings. The van der Waals surface area contributed by atoms with Crippen LogP contribution in [0.4, 0.5) is 10.1 Å². The number of hydrogen-bond acceptors (Lipinski definition) is 3. The zero-order valence-corrected chi connectivity index (χ0v) is 15.5. The molecule has 0 bridgehead atoms. The predicted octanol–water partition coefficient (Wildman–Crippen LogP) is 3.98. The molecule has 0 spiro atoms. The molecule has 0 saturated carbocycles. The number of hydrogen-bond donors (Lipinski definition) is 1. The average molecular weight is 384 g/mol. The van der Waals surface area contributed by atoms with Gasteiger partial charge in [-0.2, -0.15) is 0 Å². The van der Waals surface area contributed by atoms with E-state index in [0.717, 1.165) is 24.1 Å². The second-order valence-electron chi connectivity index (χ2n) is 5.72. The molecule has 7 heteroatoms. The molecule has 134 valence electrons. The number of nitrogens with one attached hydrogen (secondary N) is 1. The van der Waals surface area contributed by atoms with Gasteiger partial charge in [-0.1, -0.05) is 36.7 Å². The number of carbonyl (C=O) groups excluding carboxylic acids is 1. The van der Waals surface area contributed by atoms with Crippen molar-refractivity contribution < 1.29 is 17.6 Å². The highest BCUT2D eigenvalue weighted by atomic mass is 35.5. The molecule has 1 amide bonds. The van der Waals surface area contributed by atoms with Gasteiger partial charge in [-0.05, 0) is 48.7 Å². The fraction of sp³-hybridized carbons (Fsp3) is 0.278. The Morgan fingerprint density at radius 3 is 2.40 bits per heavy atom. The fourth-order valence-electron chi connectivity index (χ4n) is 2.21. The second-order valence-corrected chi connectivity index (χ2v) is 8.45. The molecule has 0 aromatic heterocycles. The van der Waals surface area contributed by atoms with E-state index in [1.807, 2.05) is 19.1 Å². The molecule has 1 N–H and O–H groups in total. The van der Waals surface area contributed by atoms with Crippen LogP contribution in [0.3, 0.4) is 0 Å². The first-order valence-corrected chi connectivity index (χ1v) is 9.87. The van der Waals surface area contributed by atoms with Crippen LogP contribution in [0, 0.1) is 5.82 Å². The van der Waals surface area contributed by atoms with Gasteiger partial charge in [0.1, 0.15) is 11.1 Å². The van der Waals surface area contributed by atoms with E-state index in [-0.39, 0.29) is 10.6 Å². The van der Waals surface area contributed by atoms with Gasteiger partial charge in [-0.3, -0.25) is 4.79 Å². The number of sulfone groups is 1. The Labute approximate surface area is 151 Å². The van der Waals surface area contributed by atoms with Crippen molar-refractivity contribution in [3.05, 3.63) is 64.4 Å². The number of benzene rings is 2. The summed E-state index contributed by atoms with van der Waals surface area (Å²) in [5, 5.41) is 1.35. The van der Waals surface area contributed by atoms with Crippen molar-refractivity contribution in [1.29, 1.82) is 0 Å². The van der Waals surface area contributed by atoms with Crippen molar-refractivity contribution in [1.82, 2.24) is 0 Å². The lowest BCUT2D eigenvalue weighted by Gasteiger charge is -2.14. The summed E-state index contributed by atoms with van der Waals surface area (Å²) in [5.74, 6) is -1.61. The number of rotatable bonds is 6. The molecule has 0 fully saturated rings. The van der Waals surface area contributed by atoms with Gasteiger partial charge in [0.05, 0.1) is 5.75 Å². The molecule has 2 aromatic carbocycles. The molecule has 0 radical (unpaired) electrons. The molecular weight excluding hydrogens is 365 g/mol. The smallest absolute Gasteiger partial charge is 0.242 e. The van der Waals surface area contributed by atoms with Gasteiger partial charge in [0, 0.05) is 10.7 Å². The summed E-state index contributed by atoms with van der Waals surface area (Å²) in [6.07, 6.45) is 0.872. The van der Waals surface area contributed by atoms with E-state index in [2.05, 4.69) is 5.32 Å². The van der Waals surface area contributed by atoms with E-state index < -0.39 is 32.6 Å². The Hall–Kier alpha value is -1.92. The summed E-state index contributed by atoms with van der Waals surface area (Å²) in [5.41, 5.74) is 1.91. The number of aryl methyl sites for hydroxylation is 1. The van der Waals surface area contributed by atoms with Crippen molar-refractivity contribution >= 4 is 33.0 Å². The van der Waals surface area contributed by atoms with Crippen molar-refractivity contribution in [3.63, 3.8) is 0 Å². The van der Waals surface area contributed by atoms with Crippen LogP contribution < -0.4 is 5.32 Å². The molecular formula is C18H19ClFNO3S. The molecule has 2 rings (SSSR count). The minimum absolute atomic E-state index is 0.0198. The lowest BCUT2D eigenvalue weighted by atomic mass is 10.1. The van der Waals surface area contributed by atoms with Crippen LogP contribution in [0.15, 0.2) is 42.5 Å². The predicted molar refractivity (Wildman–Crippen MR) is 97.9 cm³/mol. The average Bonchev–Trinajstić information content (AvgIpc) is 2.57. The van der Waals surface area contributed by atoms with E-state index in [9.17, 15) is 17.6 Å². The van der Waals surface area contributed by atoms with Gasteiger partial charge in [-0.25, -0.2) is 12.8 Å². The monoisotopic (exact) mass is 383 g/mol. The number of halogens is 2. The topological polar surface area (TPSA) is 63.2 Å². The summed E-state index contributed by atoms with van der Waals surface area (Å²) in [7, 11) is -3.80. The van der Waals surface area contributed by atoms with E-state index >= 15 is 0 Å². The lowest BCUT2D eigenvalue weighted by molar-refractivity contribution is -0.115. The molecule has 1 atom stereocenters. The van der Waals surface area contributed by atoms with Gasteiger partial charge in [-0.15, -0.1) is 0 Å². The molecule has 2 aromatic rings. The Balaban J connectivity index is 2.10. The van der Waals surface area contributed by atoms with Crippen LogP contribution in [0.5, 0.6) is 0 Å². The van der Waals surface area contributed by atoms with Crippen LogP contribution in [-0.2, 0) is 26.8 Å². The standard InChI is InChI=1S/C18H19ClFNO3S/c1-3-13-4-8-16(9-5-13)21-18(22)12(2)25(23,24)11-14-6-7-15(20)10-17(14)19/h4-10,12H,3,11H2,1-2H3,(H,21,22). The highest BCUT2D eigenvalue weighted by Crippen LogP contribution is 2.22. The Morgan fingerprint density at radius 2 is 1.84 bits per heavy atom. The second kappa shape index (κ2) is 7.97. The van der Waals surface area contributed by atoms with E-state index in [4.69, 9.17) is 11.6 Å². The summed E-state index contributed by atoms with van der Waals surface area (Å²) in [6, 6.07) is 10.7. The fourth-order valence-corrected chi connectivity index (χ4v) is 3.84. The summed E-state index contributed by atoms with van der Waals surface area (Å²) in [6.45, 7) is 3.34. The number of anilines is 1. The Bertz CT molecular complexity index is 866. The maximum absolute atomic E-state index is 13.1. The summed E-state index contributed by atoms with van der Waals surface area (Å²) in [4.78, 5) is 12.3. The molecule has 0 heterocycles. The normalized spacial score (nSPS) is 12.6. The first-order valence-electron chi connectivity index (χ1n) is 7.78. The lowest BCUT2D eigenvalue weighted by Crippen LogP contribution is -2.33. The largest absolute Gasteiger partial charge is 0.325 e. The van der Waals surface area contributed by atoms with Gasteiger partial charge in [0.15, 0.2) is 9.84 Å². The van der Waals surface area contributed by atoms with E-state index in [1.54, 1.807) is 12.1 Å². The molecule has 0 aliphatic carbocycles. The van der Waals surface area contributed by atoms with E-state index in [0.29, 0.717) is 5.69 Å². The minimum atomic E-state index is -3.80. The Morgan fingerprint density at radius 1 is 1.20 bits per heavy atom. The first-order chi connectivity index (χ1) is 11.7. The number of carbonyl (C=O) groups is 1. The van der Waals surface area contributed by atoms with Crippen LogP contribution in [0.1, 0.15) is 25.0 Å². The zero-order valence-electron chi connectivity index (χ0n) is 13.9. The SMILES string of the molecule is CCc1ccc(NC(=O)C(C)S(=O)(=O)Cc2ccc(F)cc2Cl)cc1. The first kappa shape index (κ1) is 19.4. The molecule has 0 aliphatic heterocycles. The maximum Gasteiger partial charge on any atom is 0.242 e.